The summed E-state index contributed by atoms with van der Waals surface area (Å²) in [6, 6.07) is 1.68. The van der Waals surface area contributed by atoms with Gasteiger partial charge in [0.1, 0.15) is 5.69 Å². The number of rotatable bonds is 3. The van der Waals surface area contributed by atoms with Gasteiger partial charge in [0, 0.05) is 30.9 Å². The van der Waals surface area contributed by atoms with Gasteiger partial charge in [-0.15, -0.1) is 24.5 Å². The lowest BCUT2D eigenvalue weighted by Crippen LogP contribution is -2.42. The van der Waals surface area contributed by atoms with E-state index < -0.39 is 12.5 Å². The van der Waals surface area contributed by atoms with Crippen LogP contribution in [0, 0.1) is 0 Å². The third-order valence-corrected chi connectivity index (χ3v) is 4.35. The van der Waals surface area contributed by atoms with Crippen LogP contribution in [0.4, 0.5) is 13.2 Å². The van der Waals surface area contributed by atoms with Crippen molar-refractivity contribution in [3.63, 3.8) is 0 Å². The molecular formula is C14H13F3N4O2S. The molecule has 0 bridgehead atoms. The van der Waals surface area contributed by atoms with E-state index in [0.29, 0.717) is 10.8 Å². The molecule has 1 amide bonds. The minimum Gasteiger partial charge on any atom is -0.337 e. The molecule has 0 aromatic carbocycles. The summed E-state index contributed by atoms with van der Waals surface area (Å²) in [5, 5.41) is 2.13. The lowest BCUT2D eigenvalue weighted by atomic mass is 10.1. The molecule has 2 aromatic rings. The molecule has 0 aliphatic carbocycles. The second kappa shape index (κ2) is 6.81. The molecule has 6 nitrogen and oxygen atoms in total. The molecule has 128 valence electrons. The number of thiazole rings is 1. The van der Waals surface area contributed by atoms with Gasteiger partial charge in [-0.25, -0.2) is 15.0 Å². The van der Waals surface area contributed by atoms with E-state index in [2.05, 4.69) is 19.7 Å². The second-order valence-electron chi connectivity index (χ2n) is 5.17. The number of hydrogen-bond acceptors (Lipinski definition) is 6. The SMILES string of the molecule is O=C(c1csc(-c2ncccn2)n1)N1CCC(OC(F)(F)F)CC1. The number of alkyl halides is 3. The van der Waals surface area contributed by atoms with E-state index in [0.717, 1.165) is 0 Å². The smallest absolute Gasteiger partial charge is 0.337 e. The number of aromatic nitrogens is 3. The zero-order valence-electron chi connectivity index (χ0n) is 12.4. The van der Waals surface area contributed by atoms with E-state index in [1.807, 2.05) is 0 Å². The Bertz CT molecular complexity index is 700. The lowest BCUT2D eigenvalue weighted by Gasteiger charge is -2.31. The molecule has 3 heterocycles. The Morgan fingerprint density at radius 2 is 1.92 bits per heavy atom. The first-order chi connectivity index (χ1) is 11.4. The van der Waals surface area contributed by atoms with Gasteiger partial charge in [0.15, 0.2) is 10.8 Å². The van der Waals surface area contributed by atoms with Crippen LogP contribution in [-0.2, 0) is 4.74 Å². The first kappa shape index (κ1) is 16.8. The summed E-state index contributed by atoms with van der Waals surface area (Å²) in [5.74, 6) is 0.123. The number of ether oxygens (including phenoxy) is 1. The summed E-state index contributed by atoms with van der Waals surface area (Å²) in [7, 11) is 0. The predicted octanol–water partition coefficient (Wildman–Crippen LogP) is 2.74. The maximum absolute atomic E-state index is 12.4. The predicted molar refractivity (Wildman–Crippen MR) is 79.2 cm³/mol. The highest BCUT2D eigenvalue weighted by molar-refractivity contribution is 7.13. The quantitative estimate of drug-likeness (QED) is 0.844. The van der Waals surface area contributed by atoms with Crippen LogP contribution in [0.3, 0.4) is 0 Å². The summed E-state index contributed by atoms with van der Waals surface area (Å²) >= 11 is 1.25. The van der Waals surface area contributed by atoms with Crippen LogP contribution in [0.25, 0.3) is 10.8 Å². The number of likely N-dealkylation sites (tertiary alicyclic amines) is 1. The summed E-state index contributed by atoms with van der Waals surface area (Å²) in [4.78, 5) is 26.2. The Balaban J connectivity index is 1.61. The fourth-order valence-corrected chi connectivity index (χ4v) is 3.15. The first-order valence-corrected chi connectivity index (χ1v) is 8.07. The molecule has 1 aliphatic heterocycles. The molecule has 3 rings (SSSR count). The Morgan fingerprint density at radius 1 is 1.25 bits per heavy atom. The molecule has 0 N–H and O–H groups in total. The highest BCUT2D eigenvalue weighted by atomic mass is 32.1. The highest BCUT2D eigenvalue weighted by Gasteiger charge is 2.36. The number of halogens is 3. The van der Waals surface area contributed by atoms with Gasteiger partial charge in [0.25, 0.3) is 5.91 Å². The molecule has 0 radical (unpaired) electrons. The monoisotopic (exact) mass is 358 g/mol. The van der Waals surface area contributed by atoms with Crippen LogP contribution in [0.15, 0.2) is 23.8 Å². The Morgan fingerprint density at radius 3 is 2.54 bits per heavy atom. The molecule has 0 atom stereocenters. The molecule has 1 fully saturated rings. The van der Waals surface area contributed by atoms with Gasteiger partial charge in [-0.3, -0.25) is 9.53 Å². The van der Waals surface area contributed by atoms with Crippen molar-refractivity contribution in [2.24, 2.45) is 0 Å². The van der Waals surface area contributed by atoms with Crippen LogP contribution in [0.2, 0.25) is 0 Å². The highest BCUT2D eigenvalue weighted by Crippen LogP contribution is 2.26. The van der Waals surface area contributed by atoms with Crippen LogP contribution in [0.5, 0.6) is 0 Å². The van der Waals surface area contributed by atoms with E-state index in [4.69, 9.17) is 0 Å². The zero-order chi connectivity index (χ0) is 17.2. The normalized spacial score (nSPS) is 16.4. The van der Waals surface area contributed by atoms with Crippen molar-refractivity contribution in [1.82, 2.24) is 19.9 Å². The van der Waals surface area contributed by atoms with Gasteiger partial charge >= 0.3 is 6.36 Å². The van der Waals surface area contributed by atoms with Crippen molar-refractivity contribution in [2.45, 2.75) is 25.3 Å². The Hall–Kier alpha value is -2.07. The van der Waals surface area contributed by atoms with Crippen LogP contribution in [0.1, 0.15) is 23.3 Å². The number of amides is 1. The third kappa shape index (κ3) is 4.06. The number of hydrogen-bond donors (Lipinski definition) is 0. The number of carbonyl (C=O) groups is 1. The fraction of sp³-hybridized carbons (Fsp3) is 0.429. The average Bonchev–Trinajstić information content (AvgIpc) is 3.04. The third-order valence-electron chi connectivity index (χ3n) is 3.51. The molecule has 0 unspecified atom stereocenters. The zero-order valence-corrected chi connectivity index (χ0v) is 13.2. The van der Waals surface area contributed by atoms with Crippen LogP contribution >= 0.6 is 11.3 Å². The van der Waals surface area contributed by atoms with Crippen LogP contribution in [-0.4, -0.2) is 51.3 Å². The summed E-state index contributed by atoms with van der Waals surface area (Å²) in [5.41, 5.74) is 0.248. The Kier molecular flexibility index (Phi) is 4.76. The molecule has 0 spiro atoms. The molecular weight excluding hydrogens is 345 g/mol. The van der Waals surface area contributed by atoms with Crippen molar-refractivity contribution in [1.29, 1.82) is 0 Å². The van der Waals surface area contributed by atoms with E-state index in [1.54, 1.807) is 23.8 Å². The molecule has 2 aromatic heterocycles. The Labute approximate surface area is 139 Å². The molecule has 1 aliphatic rings. The van der Waals surface area contributed by atoms with Crippen molar-refractivity contribution in [2.75, 3.05) is 13.1 Å². The maximum Gasteiger partial charge on any atom is 0.522 e. The second-order valence-corrected chi connectivity index (χ2v) is 6.02. The van der Waals surface area contributed by atoms with Crippen molar-refractivity contribution < 1.29 is 22.7 Å². The standard InChI is InChI=1S/C14H13F3N4O2S/c15-14(16,17)23-9-2-6-21(7-3-9)13(22)10-8-24-12(20-10)11-18-4-1-5-19-11/h1,4-5,8-9H,2-3,6-7H2. The molecule has 1 saturated heterocycles. The first-order valence-electron chi connectivity index (χ1n) is 7.19. The van der Waals surface area contributed by atoms with Crippen LogP contribution < -0.4 is 0 Å². The van der Waals surface area contributed by atoms with E-state index in [9.17, 15) is 18.0 Å². The van der Waals surface area contributed by atoms with Gasteiger partial charge in [-0.1, -0.05) is 0 Å². The maximum atomic E-state index is 12.4. The molecule has 0 saturated carbocycles. The minimum absolute atomic E-state index is 0.143. The van der Waals surface area contributed by atoms with Crippen molar-refractivity contribution in [3.8, 4) is 10.8 Å². The van der Waals surface area contributed by atoms with E-state index in [1.165, 1.54) is 16.2 Å². The van der Waals surface area contributed by atoms with Gasteiger partial charge in [0.2, 0.25) is 0 Å². The van der Waals surface area contributed by atoms with Crippen molar-refractivity contribution >= 4 is 17.2 Å². The number of carbonyl (C=O) groups excluding carboxylic acids is 1. The van der Waals surface area contributed by atoms with E-state index >= 15 is 0 Å². The van der Waals surface area contributed by atoms with E-state index in [-0.39, 0.29) is 37.5 Å². The average molecular weight is 358 g/mol. The summed E-state index contributed by atoms with van der Waals surface area (Å²) in [6.07, 6.45) is -2.10. The fourth-order valence-electron chi connectivity index (χ4n) is 2.41. The number of nitrogens with zero attached hydrogens (tertiary/aromatic N) is 4. The van der Waals surface area contributed by atoms with Crippen molar-refractivity contribution in [3.05, 3.63) is 29.5 Å². The lowest BCUT2D eigenvalue weighted by molar-refractivity contribution is -0.345. The molecule has 10 heteroatoms. The van der Waals surface area contributed by atoms with Gasteiger partial charge in [0.05, 0.1) is 6.10 Å². The largest absolute Gasteiger partial charge is 0.522 e. The van der Waals surface area contributed by atoms with Gasteiger partial charge in [-0.2, -0.15) is 0 Å². The molecule has 24 heavy (non-hydrogen) atoms. The van der Waals surface area contributed by atoms with Gasteiger partial charge < -0.3 is 4.90 Å². The topological polar surface area (TPSA) is 68.2 Å². The summed E-state index contributed by atoms with van der Waals surface area (Å²) < 4.78 is 40.6. The summed E-state index contributed by atoms with van der Waals surface area (Å²) in [6.45, 7) is 0.405. The minimum atomic E-state index is -4.64. The number of piperidine rings is 1. The van der Waals surface area contributed by atoms with Gasteiger partial charge in [-0.05, 0) is 18.9 Å².